The molecule has 3 aromatic heterocycles. The lowest BCUT2D eigenvalue weighted by Gasteiger charge is -2.04. The van der Waals surface area contributed by atoms with Crippen molar-refractivity contribution in [1.82, 2.24) is 29.3 Å². The maximum Gasteiger partial charge on any atom is 0.276 e. The number of carbonyl (C=O) groups is 1. The summed E-state index contributed by atoms with van der Waals surface area (Å²) in [5.74, 6) is -0.260. The number of hydrogen-bond acceptors (Lipinski definition) is 4. The van der Waals surface area contributed by atoms with Gasteiger partial charge in [-0.3, -0.25) is 14.2 Å². The number of anilines is 1. The monoisotopic (exact) mass is 377 g/mol. The number of halogens is 1. The van der Waals surface area contributed by atoms with Crippen molar-refractivity contribution >= 4 is 27.5 Å². The molecule has 0 aliphatic heterocycles. The van der Waals surface area contributed by atoms with E-state index in [1.165, 1.54) is 0 Å². The molecule has 0 fully saturated rings. The number of carbonyl (C=O) groups excluding carboxylic acids is 1. The second-order valence-electron chi connectivity index (χ2n) is 4.99. The number of hydrogen-bond donors (Lipinski definition) is 1. The van der Waals surface area contributed by atoms with Gasteiger partial charge < -0.3 is 5.32 Å². The zero-order valence-electron chi connectivity index (χ0n) is 12.8. The van der Waals surface area contributed by atoms with E-state index in [-0.39, 0.29) is 5.91 Å². The van der Waals surface area contributed by atoms with Gasteiger partial charge in [-0.25, -0.2) is 4.68 Å². The summed E-state index contributed by atoms with van der Waals surface area (Å²) in [4.78, 5) is 12.3. The van der Waals surface area contributed by atoms with Gasteiger partial charge in [0.05, 0.1) is 28.2 Å². The van der Waals surface area contributed by atoms with Crippen molar-refractivity contribution < 1.29 is 4.79 Å². The number of amides is 1. The molecule has 1 amide bonds. The molecule has 0 unspecified atom stereocenters. The highest BCUT2D eigenvalue weighted by Gasteiger charge is 2.13. The molecule has 0 aliphatic carbocycles. The lowest BCUT2D eigenvalue weighted by molar-refractivity contribution is 0.102. The fraction of sp³-hybridized carbons (Fsp3) is 0.286. The lowest BCUT2D eigenvalue weighted by atomic mass is 10.3. The van der Waals surface area contributed by atoms with E-state index in [0.717, 1.165) is 16.7 Å². The first-order valence-electron chi connectivity index (χ1n) is 7.12. The van der Waals surface area contributed by atoms with E-state index in [1.807, 2.05) is 24.7 Å². The Morgan fingerprint density at radius 1 is 1.30 bits per heavy atom. The van der Waals surface area contributed by atoms with E-state index >= 15 is 0 Å². The highest BCUT2D eigenvalue weighted by Crippen LogP contribution is 2.14. The third-order valence-corrected chi connectivity index (χ3v) is 3.83. The lowest BCUT2D eigenvalue weighted by Crippen LogP contribution is -2.15. The second kappa shape index (κ2) is 6.37. The van der Waals surface area contributed by atoms with Gasteiger partial charge in [0.25, 0.3) is 5.91 Å². The first kappa shape index (κ1) is 15.5. The number of nitrogens with zero attached hydrogens (tertiary/aromatic N) is 6. The normalized spacial score (nSPS) is 10.9. The molecule has 0 saturated heterocycles. The number of aryl methyl sites for hydroxylation is 1. The van der Waals surface area contributed by atoms with Gasteiger partial charge in [-0.2, -0.15) is 15.3 Å². The number of aromatic nitrogens is 6. The maximum atomic E-state index is 12.3. The average Bonchev–Trinajstić information content (AvgIpc) is 3.22. The van der Waals surface area contributed by atoms with Gasteiger partial charge in [-0.15, -0.1) is 0 Å². The standard InChI is InChI=1S/C14H16BrN7O/c1-3-22-10(2)13(7-17-22)18-14(23)12-4-5-20(19-12)9-21-8-11(15)6-16-21/h4-8H,3,9H2,1-2H3,(H,18,23). The van der Waals surface area contributed by atoms with E-state index < -0.39 is 0 Å². The fourth-order valence-corrected chi connectivity index (χ4v) is 2.53. The predicted octanol–water partition coefficient (Wildman–Crippen LogP) is 2.13. The third kappa shape index (κ3) is 3.34. The molecule has 0 aromatic carbocycles. The van der Waals surface area contributed by atoms with Crippen LogP contribution >= 0.6 is 15.9 Å². The van der Waals surface area contributed by atoms with Crippen LogP contribution in [0.15, 0.2) is 35.3 Å². The summed E-state index contributed by atoms with van der Waals surface area (Å²) in [6.45, 7) is 5.11. The Kier molecular flexibility index (Phi) is 4.28. The van der Waals surface area contributed by atoms with Gasteiger partial charge in [0.1, 0.15) is 6.67 Å². The maximum absolute atomic E-state index is 12.3. The van der Waals surface area contributed by atoms with E-state index in [1.54, 1.807) is 34.0 Å². The van der Waals surface area contributed by atoms with Crippen LogP contribution in [0.3, 0.4) is 0 Å². The summed E-state index contributed by atoms with van der Waals surface area (Å²) in [5.41, 5.74) is 1.96. The van der Waals surface area contributed by atoms with Crippen molar-refractivity contribution in [2.75, 3.05) is 5.32 Å². The molecule has 9 heteroatoms. The van der Waals surface area contributed by atoms with E-state index in [0.29, 0.717) is 18.1 Å². The Bertz CT molecular complexity index is 832. The molecular formula is C14H16BrN7O. The van der Waals surface area contributed by atoms with Crippen LogP contribution in [-0.2, 0) is 13.2 Å². The van der Waals surface area contributed by atoms with Crippen LogP contribution in [-0.4, -0.2) is 35.2 Å². The molecule has 0 saturated carbocycles. The van der Waals surface area contributed by atoms with Crippen molar-refractivity contribution in [2.24, 2.45) is 0 Å². The van der Waals surface area contributed by atoms with Crippen LogP contribution < -0.4 is 5.32 Å². The molecule has 3 rings (SSSR count). The van der Waals surface area contributed by atoms with Crippen LogP contribution in [0.1, 0.15) is 23.1 Å². The summed E-state index contributed by atoms with van der Waals surface area (Å²) in [6.07, 6.45) is 6.93. The molecule has 0 spiro atoms. The topological polar surface area (TPSA) is 82.6 Å². The molecule has 0 radical (unpaired) electrons. The van der Waals surface area contributed by atoms with E-state index in [2.05, 4.69) is 36.5 Å². The molecule has 1 N–H and O–H groups in total. The molecule has 3 aromatic rings. The SMILES string of the molecule is CCn1ncc(NC(=O)c2ccn(Cn3cc(Br)cn3)n2)c1C. The third-order valence-electron chi connectivity index (χ3n) is 3.42. The smallest absolute Gasteiger partial charge is 0.276 e. The summed E-state index contributed by atoms with van der Waals surface area (Å²) in [7, 11) is 0. The minimum atomic E-state index is -0.260. The van der Waals surface area contributed by atoms with Crippen LogP contribution in [0.2, 0.25) is 0 Å². The van der Waals surface area contributed by atoms with Crippen LogP contribution in [0.5, 0.6) is 0 Å². The first-order chi connectivity index (χ1) is 11.1. The first-order valence-corrected chi connectivity index (χ1v) is 7.91. The van der Waals surface area contributed by atoms with Crippen LogP contribution in [0.25, 0.3) is 0 Å². The van der Waals surface area contributed by atoms with Crippen molar-refractivity contribution in [3.8, 4) is 0 Å². The summed E-state index contributed by atoms with van der Waals surface area (Å²) >= 11 is 3.34. The quantitative estimate of drug-likeness (QED) is 0.738. The molecule has 0 aliphatic rings. The minimum Gasteiger partial charge on any atom is -0.318 e. The highest BCUT2D eigenvalue weighted by molar-refractivity contribution is 9.10. The van der Waals surface area contributed by atoms with Crippen molar-refractivity contribution in [2.45, 2.75) is 27.1 Å². The Morgan fingerprint density at radius 3 is 2.78 bits per heavy atom. The van der Waals surface area contributed by atoms with Crippen molar-refractivity contribution in [3.63, 3.8) is 0 Å². The molecule has 120 valence electrons. The zero-order chi connectivity index (χ0) is 16.4. The van der Waals surface area contributed by atoms with Gasteiger partial charge in [-0.05, 0) is 35.8 Å². The van der Waals surface area contributed by atoms with E-state index in [9.17, 15) is 4.79 Å². The molecule has 23 heavy (non-hydrogen) atoms. The summed E-state index contributed by atoms with van der Waals surface area (Å²) in [5, 5.41) is 15.5. The molecular weight excluding hydrogens is 362 g/mol. The van der Waals surface area contributed by atoms with E-state index in [4.69, 9.17) is 0 Å². The van der Waals surface area contributed by atoms with Crippen molar-refractivity contribution in [1.29, 1.82) is 0 Å². The zero-order valence-corrected chi connectivity index (χ0v) is 14.4. The minimum absolute atomic E-state index is 0.260. The average molecular weight is 378 g/mol. The molecule has 3 heterocycles. The van der Waals surface area contributed by atoms with Gasteiger partial charge >= 0.3 is 0 Å². The molecule has 8 nitrogen and oxygen atoms in total. The Morgan fingerprint density at radius 2 is 2.13 bits per heavy atom. The molecule has 0 bridgehead atoms. The second-order valence-corrected chi connectivity index (χ2v) is 5.91. The van der Waals surface area contributed by atoms with Gasteiger partial charge in [0.15, 0.2) is 5.69 Å². The van der Waals surface area contributed by atoms with Gasteiger partial charge in [-0.1, -0.05) is 0 Å². The number of rotatable bonds is 5. The number of nitrogens with one attached hydrogen (secondary N) is 1. The summed E-state index contributed by atoms with van der Waals surface area (Å²) in [6, 6.07) is 1.67. The Balaban J connectivity index is 1.69. The Labute approximate surface area is 141 Å². The van der Waals surface area contributed by atoms with Crippen LogP contribution in [0.4, 0.5) is 5.69 Å². The fourth-order valence-electron chi connectivity index (χ4n) is 2.20. The largest absolute Gasteiger partial charge is 0.318 e. The highest BCUT2D eigenvalue weighted by atomic mass is 79.9. The predicted molar refractivity (Wildman–Crippen MR) is 88.1 cm³/mol. The van der Waals surface area contributed by atoms with Gasteiger partial charge in [0.2, 0.25) is 0 Å². The molecule has 0 atom stereocenters. The Hall–Kier alpha value is -2.42. The van der Waals surface area contributed by atoms with Crippen LogP contribution in [0, 0.1) is 6.92 Å². The summed E-state index contributed by atoms with van der Waals surface area (Å²) < 4.78 is 6.08. The van der Waals surface area contributed by atoms with Gasteiger partial charge in [0, 0.05) is 18.9 Å². The van der Waals surface area contributed by atoms with Crippen molar-refractivity contribution in [3.05, 3.63) is 46.7 Å².